The molecule has 3 heterocycles. The zero-order valence-electron chi connectivity index (χ0n) is 17.0. The molecule has 9 nitrogen and oxygen atoms in total. The predicted octanol–water partition coefficient (Wildman–Crippen LogP) is 1.70. The van der Waals surface area contributed by atoms with Gasteiger partial charge in [0.05, 0.1) is 24.8 Å². The molecule has 0 amide bonds. The Labute approximate surface area is 173 Å². The Balaban J connectivity index is 1.75. The van der Waals surface area contributed by atoms with Crippen LogP contribution in [0.5, 0.6) is 5.75 Å². The number of ether oxygens (including phenoxy) is 1. The van der Waals surface area contributed by atoms with Gasteiger partial charge in [-0.3, -0.25) is 4.79 Å². The van der Waals surface area contributed by atoms with E-state index in [0.29, 0.717) is 54.3 Å². The maximum Gasteiger partial charge on any atom is 0.261 e. The minimum atomic E-state index is -1.07. The highest BCUT2D eigenvalue weighted by Crippen LogP contribution is 2.29. The summed E-state index contributed by atoms with van der Waals surface area (Å²) in [6.07, 6.45) is 2.39. The molecule has 9 heteroatoms. The summed E-state index contributed by atoms with van der Waals surface area (Å²) >= 11 is 0. The van der Waals surface area contributed by atoms with Crippen molar-refractivity contribution in [2.45, 2.75) is 25.4 Å². The maximum atomic E-state index is 12.5. The number of aromatic nitrogens is 3. The second-order valence-corrected chi connectivity index (χ2v) is 7.67. The fourth-order valence-electron chi connectivity index (χ4n) is 3.67. The van der Waals surface area contributed by atoms with E-state index in [1.54, 1.807) is 19.4 Å². The smallest absolute Gasteiger partial charge is 0.261 e. The molecule has 0 unspecified atom stereocenters. The zero-order valence-corrected chi connectivity index (χ0v) is 17.0. The van der Waals surface area contributed by atoms with Crippen molar-refractivity contribution in [2.24, 2.45) is 0 Å². The molecular formula is C21H25N5O4. The normalized spacial score (nSPS) is 15.9. The molecule has 1 fully saturated rings. The van der Waals surface area contributed by atoms with Crippen LogP contribution in [-0.4, -0.2) is 57.6 Å². The Hall–Kier alpha value is -3.17. The van der Waals surface area contributed by atoms with Crippen molar-refractivity contribution in [3.63, 3.8) is 0 Å². The van der Waals surface area contributed by atoms with Gasteiger partial charge in [0.25, 0.3) is 5.56 Å². The molecule has 1 aromatic carbocycles. The lowest BCUT2D eigenvalue weighted by Gasteiger charge is -2.37. The largest absolute Gasteiger partial charge is 0.497 e. The molecule has 30 heavy (non-hydrogen) atoms. The number of benzene rings is 1. The van der Waals surface area contributed by atoms with Gasteiger partial charge in [0.15, 0.2) is 0 Å². The van der Waals surface area contributed by atoms with E-state index >= 15 is 0 Å². The van der Waals surface area contributed by atoms with Gasteiger partial charge in [-0.15, -0.1) is 0 Å². The first-order valence-corrected chi connectivity index (χ1v) is 9.81. The van der Waals surface area contributed by atoms with E-state index in [4.69, 9.17) is 4.74 Å². The number of anilines is 3. The summed E-state index contributed by atoms with van der Waals surface area (Å²) in [6.45, 7) is 2.70. The molecule has 0 saturated carbocycles. The number of H-pyrrole nitrogens is 1. The Morgan fingerprint density at radius 3 is 2.73 bits per heavy atom. The van der Waals surface area contributed by atoms with Crippen molar-refractivity contribution in [2.75, 3.05) is 37.0 Å². The molecule has 0 aliphatic carbocycles. The SMILES string of the molecule is COc1cc(C)cc(Nc2nc(N3CCC(O)(CO)CC3)nc3cc[nH]c(=O)c23)c1. The van der Waals surface area contributed by atoms with E-state index in [1.807, 2.05) is 30.0 Å². The molecule has 2 aromatic heterocycles. The Bertz CT molecular complexity index is 1120. The first kappa shape index (κ1) is 20.1. The van der Waals surface area contributed by atoms with Crippen LogP contribution in [0, 0.1) is 6.92 Å². The molecule has 3 aromatic rings. The zero-order chi connectivity index (χ0) is 21.3. The second-order valence-electron chi connectivity index (χ2n) is 7.67. The minimum Gasteiger partial charge on any atom is -0.497 e. The highest BCUT2D eigenvalue weighted by atomic mass is 16.5. The highest BCUT2D eigenvalue weighted by Gasteiger charge is 2.32. The van der Waals surface area contributed by atoms with Crippen LogP contribution in [0.15, 0.2) is 35.3 Å². The van der Waals surface area contributed by atoms with Gasteiger partial charge < -0.3 is 30.2 Å². The van der Waals surface area contributed by atoms with Gasteiger partial charge in [-0.25, -0.2) is 4.98 Å². The van der Waals surface area contributed by atoms with Gasteiger partial charge in [-0.2, -0.15) is 4.98 Å². The number of aliphatic hydroxyl groups is 2. The Kier molecular flexibility index (Phi) is 5.31. The summed E-state index contributed by atoms with van der Waals surface area (Å²) < 4.78 is 5.34. The fourth-order valence-corrected chi connectivity index (χ4v) is 3.67. The van der Waals surface area contributed by atoms with Crippen LogP contribution < -0.4 is 20.5 Å². The van der Waals surface area contributed by atoms with Crippen molar-refractivity contribution in [1.82, 2.24) is 15.0 Å². The van der Waals surface area contributed by atoms with E-state index in [1.165, 1.54) is 0 Å². The lowest BCUT2D eigenvalue weighted by atomic mass is 9.93. The number of nitrogens with one attached hydrogen (secondary N) is 2. The van der Waals surface area contributed by atoms with Crippen molar-refractivity contribution in [1.29, 1.82) is 0 Å². The molecule has 158 valence electrons. The van der Waals surface area contributed by atoms with Crippen molar-refractivity contribution >= 4 is 28.4 Å². The predicted molar refractivity (Wildman–Crippen MR) is 115 cm³/mol. The summed E-state index contributed by atoms with van der Waals surface area (Å²) in [7, 11) is 1.60. The molecule has 0 atom stereocenters. The number of pyridine rings is 1. The molecule has 0 bridgehead atoms. The second kappa shape index (κ2) is 7.92. The van der Waals surface area contributed by atoms with Crippen LogP contribution in [0.3, 0.4) is 0 Å². The molecule has 0 radical (unpaired) electrons. The van der Waals surface area contributed by atoms with Crippen LogP contribution >= 0.6 is 0 Å². The molecule has 4 N–H and O–H groups in total. The number of aromatic amines is 1. The van der Waals surface area contributed by atoms with E-state index < -0.39 is 5.60 Å². The van der Waals surface area contributed by atoms with E-state index in [0.717, 1.165) is 11.3 Å². The number of hydrogen-bond donors (Lipinski definition) is 4. The summed E-state index contributed by atoms with van der Waals surface area (Å²) in [6, 6.07) is 7.42. The molecule has 1 aliphatic heterocycles. The van der Waals surface area contributed by atoms with Gasteiger partial charge in [-0.1, -0.05) is 0 Å². The van der Waals surface area contributed by atoms with Gasteiger partial charge in [0, 0.05) is 31.0 Å². The number of hydrogen-bond acceptors (Lipinski definition) is 8. The summed E-state index contributed by atoms with van der Waals surface area (Å²) in [5, 5.41) is 23.3. The van der Waals surface area contributed by atoms with Gasteiger partial charge in [-0.05, 0) is 43.5 Å². The third kappa shape index (κ3) is 3.94. The van der Waals surface area contributed by atoms with Crippen LogP contribution in [-0.2, 0) is 0 Å². The van der Waals surface area contributed by atoms with Crippen LogP contribution in [0.4, 0.5) is 17.5 Å². The molecule has 1 saturated heterocycles. The first-order valence-electron chi connectivity index (χ1n) is 9.81. The van der Waals surface area contributed by atoms with Crippen molar-refractivity contribution in [3.8, 4) is 5.75 Å². The van der Waals surface area contributed by atoms with Crippen molar-refractivity contribution in [3.05, 3.63) is 46.4 Å². The third-order valence-corrected chi connectivity index (χ3v) is 5.43. The van der Waals surface area contributed by atoms with Crippen molar-refractivity contribution < 1.29 is 14.9 Å². The number of rotatable bonds is 5. The number of aliphatic hydroxyl groups excluding tert-OH is 1. The summed E-state index contributed by atoms with van der Waals surface area (Å²) in [5.41, 5.74) is 0.922. The first-order chi connectivity index (χ1) is 14.4. The number of methoxy groups -OCH3 is 1. The maximum absolute atomic E-state index is 12.5. The van der Waals surface area contributed by atoms with Gasteiger partial charge >= 0.3 is 0 Å². The topological polar surface area (TPSA) is 124 Å². The number of piperidine rings is 1. The lowest BCUT2D eigenvalue weighted by Crippen LogP contribution is -2.47. The van der Waals surface area contributed by atoms with Crippen LogP contribution in [0.1, 0.15) is 18.4 Å². The standard InChI is InChI=1S/C21H25N5O4/c1-13-9-14(11-15(10-13)30-2)23-18-17-16(3-6-22-19(17)28)24-20(25-18)26-7-4-21(29,12-27)5-8-26/h3,6,9-11,27,29H,4-5,7-8,12H2,1-2H3,(H,22,28)(H,23,24,25). The average molecular weight is 411 g/mol. The molecule has 0 spiro atoms. The quantitative estimate of drug-likeness (QED) is 0.500. The average Bonchev–Trinajstić information content (AvgIpc) is 2.73. The highest BCUT2D eigenvalue weighted by molar-refractivity contribution is 5.91. The number of fused-ring (bicyclic) bond motifs is 1. The summed E-state index contributed by atoms with van der Waals surface area (Å²) in [4.78, 5) is 26.4. The van der Waals surface area contributed by atoms with E-state index in [2.05, 4.69) is 20.3 Å². The van der Waals surface area contributed by atoms with E-state index in [9.17, 15) is 15.0 Å². The number of aryl methyl sites for hydroxylation is 1. The van der Waals surface area contributed by atoms with Gasteiger partial charge in [0.1, 0.15) is 17.0 Å². The van der Waals surface area contributed by atoms with E-state index in [-0.39, 0.29) is 12.2 Å². The Morgan fingerprint density at radius 2 is 2.03 bits per heavy atom. The Morgan fingerprint density at radius 1 is 1.27 bits per heavy atom. The van der Waals surface area contributed by atoms with Gasteiger partial charge in [0.2, 0.25) is 5.95 Å². The number of nitrogens with zero attached hydrogens (tertiary/aromatic N) is 3. The third-order valence-electron chi connectivity index (χ3n) is 5.43. The lowest BCUT2D eigenvalue weighted by molar-refractivity contribution is -0.0327. The molecule has 1 aliphatic rings. The monoisotopic (exact) mass is 411 g/mol. The van der Waals surface area contributed by atoms with Crippen LogP contribution in [0.25, 0.3) is 10.9 Å². The van der Waals surface area contributed by atoms with Crippen LogP contribution in [0.2, 0.25) is 0 Å². The fraction of sp³-hybridized carbons (Fsp3) is 0.381. The minimum absolute atomic E-state index is 0.267. The summed E-state index contributed by atoms with van der Waals surface area (Å²) in [5.74, 6) is 1.56. The molecule has 4 rings (SSSR count). The molecular weight excluding hydrogens is 386 g/mol.